The summed E-state index contributed by atoms with van der Waals surface area (Å²) in [4.78, 5) is 34.6. The van der Waals surface area contributed by atoms with Crippen LogP contribution in [0.3, 0.4) is 0 Å². The molecule has 172 valence electrons. The number of amides is 1. The number of benzene rings is 2. The molecule has 4 aromatic rings. The number of ether oxygens (including phenoxy) is 2. The third kappa shape index (κ3) is 3.47. The second-order valence-corrected chi connectivity index (χ2v) is 9.11. The van der Waals surface area contributed by atoms with Crippen molar-refractivity contribution in [1.29, 1.82) is 0 Å². The highest BCUT2D eigenvalue weighted by atomic mass is 32.1. The van der Waals surface area contributed by atoms with Gasteiger partial charge in [-0.15, -0.1) is 11.3 Å². The van der Waals surface area contributed by atoms with E-state index in [-0.39, 0.29) is 16.8 Å². The Hall–Kier alpha value is -3.91. The van der Waals surface area contributed by atoms with E-state index in [0.717, 1.165) is 16.1 Å². The Labute approximate surface area is 199 Å². The number of hydrogen-bond acceptors (Lipinski definition) is 7. The van der Waals surface area contributed by atoms with Gasteiger partial charge in [0.2, 0.25) is 5.76 Å². The Bertz CT molecular complexity index is 1480. The zero-order valence-corrected chi connectivity index (χ0v) is 19.8. The van der Waals surface area contributed by atoms with Gasteiger partial charge in [0.1, 0.15) is 23.7 Å². The first-order valence-corrected chi connectivity index (χ1v) is 11.5. The fraction of sp³-hybridized carbons (Fsp3) is 0.192. The minimum Gasteiger partial charge on any atom is -0.497 e. The highest BCUT2D eigenvalue weighted by Gasteiger charge is 2.45. The minimum atomic E-state index is -0.706. The average Bonchev–Trinajstić information content (AvgIpc) is 3.33. The molecule has 7 nitrogen and oxygen atoms in total. The number of fused-ring (bicyclic) bond motifs is 2. The highest BCUT2D eigenvalue weighted by Crippen LogP contribution is 2.43. The van der Waals surface area contributed by atoms with Crippen LogP contribution in [0.5, 0.6) is 11.5 Å². The van der Waals surface area contributed by atoms with Crippen LogP contribution in [0, 0.1) is 13.8 Å². The quantitative estimate of drug-likeness (QED) is 0.358. The van der Waals surface area contributed by atoms with Crippen LogP contribution >= 0.6 is 11.3 Å². The van der Waals surface area contributed by atoms with Crippen LogP contribution in [0.4, 0.5) is 5.13 Å². The zero-order chi connectivity index (χ0) is 24.0. The summed E-state index contributed by atoms with van der Waals surface area (Å²) >= 11 is 1.40. The first-order chi connectivity index (χ1) is 16.4. The number of carbonyl (C=O) groups is 1. The van der Waals surface area contributed by atoms with Crippen molar-refractivity contribution in [2.75, 3.05) is 18.6 Å². The number of aromatic nitrogens is 1. The lowest BCUT2D eigenvalue weighted by molar-refractivity contribution is 0.0971. The summed E-state index contributed by atoms with van der Waals surface area (Å²) in [5, 5.41) is 0.889. The van der Waals surface area contributed by atoms with Gasteiger partial charge in [-0.2, -0.15) is 0 Å². The summed E-state index contributed by atoms with van der Waals surface area (Å²) in [6.45, 7) is 7.87. The summed E-state index contributed by atoms with van der Waals surface area (Å²) in [6, 6.07) is 11.6. The van der Waals surface area contributed by atoms with Crippen molar-refractivity contribution in [1.82, 2.24) is 4.98 Å². The van der Waals surface area contributed by atoms with Crippen LogP contribution < -0.4 is 19.8 Å². The number of nitrogens with zero attached hydrogens (tertiary/aromatic N) is 2. The van der Waals surface area contributed by atoms with Gasteiger partial charge in [0.25, 0.3) is 5.91 Å². The molecule has 1 unspecified atom stereocenters. The van der Waals surface area contributed by atoms with Crippen molar-refractivity contribution in [2.24, 2.45) is 0 Å². The Morgan fingerprint density at radius 3 is 2.71 bits per heavy atom. The van der Waals surface area contributed by atoms with Crippen molar-refractivity contribution in [3.63, 3.8) is 0 Å². The molecule has 0 spiro atoms. The normalized spacial score (nSPS) is 15.0. The molecule has 1 atom stereocenters. The molecule has 34 heavy (non-hydrogen) atoms. The smallest absolute Gasteiger partial charge is 0.297 e. The van der Waals surface area contributed by atoms with E-state index in [0.29, 0.717) is 34.2 Å². The first kappa shape index (κ1) is 21.9. The summed E-state index contributed by atoms with van der Waals surface area (Å²) < 4.78 is 17.0. The number of thiazole rings is 1. The minimum absolute atomic E-state index is 0.0127. The number of aryl methyl sites for hydroxylation is 2. The molecule has 2 aromatic heterocycles. The predicted octanol–water partition coefficient (Wildman–Crippen LogP) is 5.19. The van der Waals surface area contributed by atoms with Crippen molar-refractivity contribution in [3.8, 4) is 11.5 Å². The van der Waals surface area contributed by atoms with Gasteiger partial charge in [0, 0.05) is 10.9 Å². The van der Waals surface area contributed by atoms with Gasteiger partial charge in [-0.1, -0.05) is 24.8 Å². The summed E-state index contributed by atoms with van der Waals surface area (Å²) in [7, 11) is 1.53. The van der Waals surface area contributed by atoms with E-state index in [2.05, 4.69) is 11.6 Å². The van der Waals surface area contributed by atoms with Gasteiger partial charge in [0.15, 0.2) is 10.6 Å². The molecule has 1 aliphatic heterocycles. The van der Waals surface area contributed by atoms with Crippen molar-refractivity contribution in [3.05, 3.63) is 92.8 Å². The first-order valence-electron chi connectivity index (χ1n) is 10.7. The summed E-state index contributed by atoms with van der Waals surface area (Å²) in [5.41, 5.74) is 1.88. The van der Waals surface area contributed by atoms with Gasteiger partial charge in [-0.25, -0.2) is 4.98 Å². The topological polar surface area (TPSA) is 81.9 Å². The van der Waals surface area contributed by atoms with Crippen molar-refractivity contribution >= 4 is 33.3 Å². The van der Waals surface area contributed by atoms with E-state index in [1.807, 2.05) is 38.1 Å². The summed E-state index contributed by atoms with van der Waals surface area (Å²) in [5.74, 6) is 0.749. The second-order valence-electron chi connectivity index (χ2n) is 7.92. The van der Waals surface area contributed by atoms with Crippen LogP contribution in [0.1, 0.15) is 38.3 Å². The molecule has 8 heteroatoms. The lowest BCUT2D eigenvalue weighted by Gasteiger charge is -2.23. The SMILES string of the molecule is C=CCOc1cccc(C2c3c(oc4cc(OC)ccc4c3=O)C(=O)N2c2nc(C)c(C)s2)c1. The third-order valence-corrected chi connectivity index (χ3v) is 6.92. The maximum Gasteiger partial charge on any atom is 0.297 e. The van der Waals surface area contributed by atoms with Crippen molar-refractivity contribution in [2.45, 2.75) is 19.9 Å². The third-order valence-electron chi connectivity index (χ3n) is 5.84. The maximum absolute atomic E-state index is 13.7. The Balaban J connectivity index is 1.76. The molecule has 2 aromatic carbocycles. The van der Waals surface area contributed by atoms with E-state index in [4.69, 9.17) is 13.9 Å². The predicted molar refractivity (Wildman–Crippen MR) is 131 cm³/mol. The standard InChI is InChI=1S/C26H22N2O5S/c1-5-11-32-18-8-6-7-16(12-18)22-21-23(29)19-10-9-17(31-4)13-20(19)33-24(21)25(30)28(22)26-27-14(2)15(3)34-26/h5-10,12-13,22H,1,11H2,2-4H3. The van der Waals surface area contributed by atoms with Crippen LogP contribution in [0.25, 0.3) is 11.0 Å². The van der Waals surface area contributed by atoms with E-state index in [9.17, 15) is 9.59 Å². The molecule has 3 heterocycles. The molecule has 0 radical (unpaired) electrons. The molecule has 5 rings (SSSR count). The highest BCUT2D eigenvalue weighted by molar-refractivity contribution is 7.15. The maximum atomic E-state index is 13.7. The molecular weight excluding hydrogens is 452 g/mol. The molecule has 0 bridgehead atoms. The number of rotatable bonds is 6. The molecular formula is C26H22N2O5S. The lowest BCUT2D eigenvalue weighted by Crippen LogP contribution is -2.29. The van der Waals surface area contributed by atoms with E-state index < -0.39 is 11.9 Å². The monoisotopic (exact) mass is 474 g/mol. The van der Waals surface area contributed by atoms with Gasteiger partial charge in [0.05, 0.1) is 29.8 Å². The van der Waals surface area contributed by atoms with E-state index in [1.165, 1.54) is 18.4 Å². The number of carbonyl (C=O) groups excluding carboxylic acids is 1. The molecule has 1 aliphatic rings. The molecule has 0 fully saturated rings. The van der Waals surface area contributed by atoms with Gasteiger partial charge in [-0.3, -0.25) is 14.5 Å². The van der Waals surface area contributed by atoms with Crippen LogP contribution in [0.2, 0.25) is 0 Å². The molecule has 1 amide bonds. The van der Waals surface area contributed by atoms with Gasteiger partial charge in [-0.05, 0) is 43.7 Å². The Kier molecular flexibility index (Phi) is 5.45. The van der Waals surface area contributed by atoms with E-state index >= 15 is 0 Å². The number of methoxy groups -OCH3 is 1. The van der Waals surface area contributed by atoms with Crippen LogP contribution in [0.15, 0.2) is 64.3 Å². The number of hydrogen-bond donors (Lipinski definition) is 0. The Morgan fingerprint density at radius 2 is 2.00 bits per heavy atom. The summed E-state index contributed by atoms with van der Waals surface area (Å²) in [6.07, 6.45) is 1.66. The average molecular weight is 475 g/mol. The second kappa shape index (κ2) is 8.46. The fourth-order valence-electron chi connectivity index (χ4n) is 4.08. The zero-order valence-electron chi connectivity index (χ0n) is 19.0. The largest absolute Gasteiger partial charge is 0.497 e. The van der Waals surface area contributed by atoms with Gasteiger partial charge >= 0.3 is 0 Å². The van der Waals surface area contributed by atoms with E-state index in [1.54, 1.807) is 29.2 Å². The molecule has 0 saturated heterocycles. The van der Waals surface area contributed by atoms with Crippen molar-refractivity contribution < 1.29 is 18.7 Å². The van der Waals surface area contributed by atoms with Crippen LogP contribution in [-0.4, -0.2) is 24.6 Å². The molecule has 0 aliphatic carbocycles. The van der Waals surface area contributed by atoms with Gasteiger partial charge < -0.3 is 13.9 Å². The molecule has 0 saturated carbocycles. The van der Waals surface area contributed by atoms with Crippen LogP contribution in [-0.2, 0) is 0 Å². The Morgan fingerprint density at radius 1 is 1.18 bits per heavy atom. The lowest BCUT2D eigenvalue weighted by atomic mass is 9.98. The fourth-order valence-corrected chi connectivity index (χ4v) is 5.02. The number of anilines is 1. The molecule has 0 N–H and O–H groups in total.